The Labute approximate surface area is 108 Å². The molecule has 0 amide bonds. The molecule has 2 aromatic rings. The second-order valence-corrected chi connectivity index (χ2v) is 4.39. The Morgan fingerprint density at radius 3 is 2.59 bits per heavy atom. The predicted octanol–water partition coefficient (Wildman–Crippen LogP) is 4.07. The van der Waals surface area contributed by atoms with Crippen molar-refractivity contribution in [1.29, 1.82) is 5.26 Å². The molecule has 0 aliphatic carbocycles. The van der Waals surface area contributed by atoms with Crippen LogP contribution in [0.5, 0.6) is 0 Å². The lowest BCUT2D eigenvalue weighted by Crippen LogP contribution is -1.79. The van der Waals surface area contributed by atoms with E-state index in [1.807, 2.05) is 36.4 Å². The van der Waals surface area contributed by atoms with Crippen LogP contribution in [-0.4, -0.2) is 6.21 Å². The van der Waals surface area contributed by atoms with E-state index >= 15 is 0 Å². The number of halogens is 1. The molecule has 82 valence electrons. The van der Waals surface area contributed by atoms with Crippen molar-refractivity contribution in [3.05, 3.63) is 64.1 Å². The number of hydrogen-bond acceptors (Lipinski definition) is 2. The summed E-state index contributed by atoms with van der Waals surface area (Å²) in [5.74, 6) is 0. The van der Waals surface area contributed by atoms with Gasteiger partial charge in [-0.05, 0) is 35.9 Å². The minimum Gasteiger partial charge on any atom is -0.256 e. The molecule has 0 aliphatic heterocycles. The van der Waals surface area contributed by atoms with Crippen LogP contribution in [-0.2, 0) is 0 Å². The molecule has 2 rings (SSSR count). The van der Waals surface area contributed by atoms with Crippen molar-refractivity contribution in [1.82, 2.24) is 0 Å². The van der Waals surface area contributed by atoms with Crippen molar-refractivity contribution >= 4 is 27.8 Å². The minimum absolute atomic E-state index is 0.621. The summed E-state index contributed by atoms with van der Waals surface area (Å²) < 4.78 is 1.04. The van der Waals surface area contributed by atoms with E-state index in [0.29, 0.717) is 5.56 Å². The summed E-state index contributed by atoms with van der Waals surface area (Å²) in [5.41, 5.74) is 2.43. The third kappa shape index (κ3) is 3.27. The van der Waals surface area contributed by atoms with Gasteiger partial charge in [-0.3, -0.25) is 4.99 Å². The number of aliphatic imine (C=N–C) groups is 1. The molecule has 2 nitrogen and oxygen atoms in total. The Balaban J connectivity index is 2.20. The smallest absolute Gasteiger partial charge is 0.0992 e. The van der Waals surface area contributed by atoms with E-state index in [1.54, 1.807) is 18.3 Å². The summed E-state index contributed by atoms with van der Waals surface area (Å²) in [6.07, 6.45) is 1.78. The summed E-state index contributed by atoms with van der Waals surface area (Å²) in [5, 5.41) is 8.77. The van der Waals surface area contributed by atoms with Crippen LogP contribution in [0.2, 0.25) is 0 Å². The first-order valence-electron chi connectivity index (χ1n) is 5.08. The monoisotopic (exact) mass is 284 g/mol. The van der Waals surface area contributed by atoms with Gasteiger partial charge in [0.05, 0.1) is 17.3 Å². The summed E-state index contributed by atoms with van der Waals surface area (Å²) in [4.78, 5) is 4.32. The number of nitriles is 1. The number of rotatable bonds is 2. The van der Waals surface area contributed by atoms with Gasteiger partial charge >= 0.3 is 0 Å². The largest absolute Gasteiger partial charge is 0.256 e. The molecule has 0 unspecified atom stereocenters. The fourth-order valence-electron chi connectivity index (χ4n) is 1.35. The zero-order chi connectivity index (χ0) is 12.1. The zero-order valence-corrected chi connectivity index (χ0v) is 10.6. The second kappa shape index (κ2) is 5.42. The Bertz CT molecular complexity index is 580. The molecule has 0 aromatic heterocycles. The van der Waals surface area contributed by atoms with E-state index in [4.69, 9.17) is 5.26 Å². The Morgan fingerprint density at radius 2 is 1.88 bits per heavy atom. The Hall–Kier alpha value is -1.92. The van der Waals surface area contributed by atoms with Crippen molar-refractivity contribution < 1.29 is 0 Å². The van der Waals surface area contributed by atoms with Gasteiger partial charge in [0.1, 0.15) is 0 Å². The van der Waals surface area contributed by atoms with Gasteiger partial charge in [-0.25, -0.2) is 0 Å². The van der Waals surface area contributed by atoms with Crippen molar-refractivity contribution in [3.63, 3.8) is 0 Å². The maximum Gasteiger partial charge on any atom is 0.0992 e. The van der Waals surface area contributed by atoms with Crippen LogP contribution in [0.3, 0.4) is 0 Å². The molecule has 0 fully saturated rings. The van der Waals surface area contributed by atoms with Crippen LogP contribution in [0.15, 0.2) is 58.0 Å². The van der Waals surface area contributed by atoms with Gasteiger partial charge in [0, 0.05) is 10.7 Å². The van der Waals surface area contributed by atoms with E-state index in [1.165, 1.54) is 0 Å². The fraction of sp³-hybridized carbons (Fsp3) is 0. The molecule has 0 saturated carbocycles. The molecule has 0 spiro atoms. The van der Waals surface area contributed by atoms with Crippen LogP contribution < -0.4 is 0 Å². The third-order valence-corrected chi connectivity index (χ3v) is 2.74. The molecule has 0 aliphatic rings. The summed E-state index contributed by atoms with van der Waals surface area (Å²) in [7, 11) is 0. The molecule has 0 N–H and O–H groups in total. The summed E-state index contributed by atoms with van der Waals surface area (Å²) in [6.45, 7) is 0. The van der Waals surface area contributed by atoms with Crippen LogP contribution in [0.25, 0.3) is 0 Å². The van der Waals surface area contributed by atoms with Crippen LogP contribution in [0, 0.1) is 11.3 Å². The van der Waals surface area contributed by atoms with Crippen LogP contribution >= 0.6 is 15.9 Å². The van der Waals surface area contributed by atoms with E-state index in [-0.39, 0.29) is 0 Å². The summed E-state index contributed by atoms with van der Waals surface area (Å²) in [6, 6.07) is 17.2. The van der Waals surface area contributed by atoms with Crippen molar-refractivity contribution in [2.75, 3.05) is 0 Å². The molecule has 3 heteroatoms. The van der Waals surface area contributed by atoms with Gasteiger partial charge < -0.3 is 0 Å². The zero-order valence-electron chi connectivity index (χ0n) is 8.97. The van der Waals surface area contributed by atoms with Crippen molar-refractivity contribution in [2.45, 2.75) is 0 Å². The lowest BCUT2D eigenvalue weighted by molar-refractivity contribution is 1.46. The van der Waals surface area contributed by atoms with Gasteiger partial charge in [0.15, 0.2) is 0 Å². The molecule has 17 heavy (non-hydrogen) atoms. The van der Waals surface area contributed by atoms with Gasteiger partial charge in [-0.1, -0.05) is 34.1 Å². The maximum absolute atomic E-state index is 8.77. The average Bonchev–Trinajstić information content (AvgIpc) is 2.38. The Kier molecular flexibility index (Phi) is 3.69. The van der Waals surface area contributed by atoms with Crippen LogP contribution in [0.4, 0.5) is 5.69 Å². The standard InChI is InChI=1S/C14H9BrN2/c15-13-6-4-11(5-7-13)10-17-14-3-1-2-12(8-14)9-16/h1-8,10H. The van der Waals surface area contributed by atoms with Gasteiger partial charge in [0.25, 0.3) is 0 Å². The van der Waals surface area contributed by atoms with E-state index in [0.717, 1.165) is 15.7 Å². The van der Waals surface area contributed by atoms with Gasteiger partial charge in [0.2, 0.25) is 0 Å². The highest BCUT2D eigenvalue weighted by atomic mass is 79.9. The van der Waals surface area contributed by atoms with E-state index in [2.05, 4.69) is 27.0 Å². The lowest BCUT2D eigenvalue weighted by atomic mass is 10.2. The predicted molar refractivity (Wildman–Crippen MR) is 72.6 cm³/mol. The molecule has 0 radical (unpaired) electrons. The highest BCUT2D eigenvalue weighted by molar-refractivity contribution is 9.10. The Morgan fingerprint density at radius 1 is 1.12 bits per heavy atom. The number of nitrogens with zero attached hydrogens (tertiary/aromatic N) is 2. The highest BCUT2D eigenvalue weighted by Crippen LogP contribution is 2.14. The SMILES string of the molecule is N#Cc1cccc(N=Cc2ccc(Br)cc2)c1. The molecule has 0 heterocycles. The average molecular weight is 285 g/mol. The first-order chi connectivity index (χ1) is 8.28. The topological polar surface area (TPSA) is 36.1 Å². The second-order valence-electron chi connectivity index (χ2n) is 3.47. The lowest BCUT2D eigenvalue weighted by Gasteiger charge is -1.95. The summed E-state index contributed by atoms with van der Waals surface area (Å²) >= 11 is 3.38. The first kappa shape index (κ1) is 11.6. The molecule has 0 saturated heterocycles. The molecule has 0 bridgehead atoms. The van der Waals surface area contributed by atoms with E-state index in [9.17, 15) is 0 Å². The first-order valence-corrected chi connectivity index (χ1v) is 5.87. The molecule has 0 atom stereocenters. The highest BCUT2D eigenvalue weighted by Gasteiger charge is 1.92. The van der Waals surface area contributed by atoms with Gasteiger partial charge in [-0.2, -0.15) is 5.26 Å². The molecular weight excluding hydrogens is 276 g/mol. The maximum atomic E-state index is 8.77. The van der Waals surface area contributed by atoms with E-state index < -0.39 is 0 Å². The quantitative estimate of drug-likeness (QED) is 0.766. The minimum atomic E-state index is 0.621. The fourth-order valence-corrected chi connectivity index (χ4v) is 1.62. The number of benzene rings is 2. The van der Waals surface area contributed by atoms with Crippen molar-refractivity contribution in [2.24, 2.45) is 4.99 Å². The normalized spacial score (nSPS) is 10.4. The van der Waals surface area contributed by atoms with Gasteiger partial charge in [-0.15, -0.1) is 0 Å². The third-order valence-electron chi connectivity index (χ3n) is 2.21. The van der Waals surface area contributed by atoms with Crippen LogP contribution in [0.1, 0.15) is 11.1 Å². The number of hydrogen-bond donors (Lipinski definition) is 0. The van der Waals surface area contributed by atoms with Crippen molar-refractivity contribution in [3.8, 4) is 6.07 Å². The molecular formula is C14H9BrN2. The molecule has 2 aromatic carbocycles.